The molecular formula is C24H23BrO6. The first-order valence-electron chi connectivity index (χ1n) is 10.1. The van der Waals surface area contributed by atoms with Crippen LogP contribution >= 0.6 is 15.9 Å². The third-order valence-corrected chi connectivity index (χ3v) is 6.28. The fourth-order valence-electron chi connectivity index (χ4n) is 4.09. The molecule has 31 heavy (non-hydrogen) atoms. The fourth-order valence-corrected chi connectivity index (χ4v) is 4.35. The van der Waals surface area contributed by atoms with Gasteiger partial charge in [-0.25, -0.2) is 4.79 Å². The van der Waals surface area contributed by atoms with Crippen molar-refractivity contribution in [2.75, 3.05) is 14.2 Å². The zero-order valence-corrected chi connectivity index (χ0v) is 18.9. The number of Topliss-reactive ketones (excluding diaryl/α,β-unsaturated/α-hetero) is 1. The molecule has 0 aromatic heterocycles. The molecule has 1 aliphatic heterocycles. The lowest BCUT2D eigenvalue weighted by Gasteiger charge is -2.37. The molecule has 0 amide bonds. The second-order valence-corrected chi connectivity index (χ2v) is 8.51. The monoisotopic (exact) mass is 486 g/mol. The van der Waals surface area contributed by atoms with E-state index in [1.165, 1.54) is 14.2 Å². The predicted molar refractivity (Wildman–Crippen MR) is 118 cm³/mol. The Labute approximate surface area is 189 Å². The molecule has 2 aliphatic rings. The summed E-state index contributed by atoms with van der Waals surface area (Å²) in [7, 11) is 3.05. The first kappa shape index (κ1) is 21.4. The Hall–Kier alpha value is -2.80. The van der Waals surface area contributed by atoms with E-state index in [9.17, 15) is 9.59 Å². The van der Waals surface area contributed by atoms with E-state index in [2.05, 4.69) is 15.9 Å². The number of hydrogen-bond acceptors (Lipinski definition) is 6. The lowest BCUT2D eigenvalue weighted by atomic mass is 9.78. The molecule has 1 aliphatic carbocycles. The van der Waals surface area contributed by atoms with Crippen molar-refractivity contribution in [3.8, 4) is 11.5 Å². The van der Waals surface area contributed by atoms with Crippen molar-refractivity contribution in [3.05, 3.63) is 64.3 Å². The molecule has 3 unspecified atom stereocenters. The maximum absolute atomic E-state index is 13.0. The highest BCUT2D eigenvalue weighted by molar-refractivity contribution is 9.10. The molecule has 3 atom stereocenters. The summed E-state index contributed by atoms with van der Waals surface area (Å²) in [5, 5.41) is 0. The van der Waals surface area contributed by atoms with Crippen molar-refractivity contribution in [2.24, 2.45) is 5.92 Å². The summed E-state index contributed by atoms with van der Waals surface area (Å²) in [6.45, 7) is 0. The van der Waals surface area contributed by atoms with Crippen LogP contribution in [0.1, 0.15) is 35.2 Å². The van der Waals surface area contributed by atoms with Crippen LogP contribution in [0.15, 0.2) is 53.2 Å². The molecular weight excluding hydrogens is 464 g/mol. The number of benzene rings is 2. The molecule has 0 radical (unpaired) electrons. The van der Waals surface area contributed by atoms with Gasteiger partial charge in [0.1, 0.15) is 12.2 Å². The number of hydrogen-bond donors (Lipinski definition) is 0. The summed E-state index contributed by atoms with van der Waals surface area (Å²) in [6, 6.07) is 12.5. The smallest absolute Gasteiger partial charge is 0.338 e. The van der Waals surface area contributed by atoms with Crippen LogP contribution in [0.2, 0.25) is 0 Å². The summed E-state index contributed by atoms with van der Waals surface area (Å²) in [4.78, 5) is 25.7. The van der Waals surface area contributed by atoms with Crippen LogP contribution in [0.4, 0.5) is 0 Å². The van der Waals surface area contributed by atoms with Gasteiger partial charge in [0.15, 0.2) is 17.3 Å². The van der Waals surface area contributed by atoms with E-state index in [0.29, 0.717) is 41.9 Å². The van der Waals surface area contributed by atoms with Gasteiger partial charge < -0.3 is 18.9 Å². The van der Waals surface area contributed by atoms with Crippen LogP contribution in [0.25, 0.3) is 5.57 Å². The van der Waals surface area contributed by atoms with Crippen LogP contribution in [-0.2, 0) is 14.3 Å². The minimum atomic E-state index is -0.433. The summed E-state index contributed by atoms with van der Waals surface area (Å²) in [5.74, 6) is 0.440. The molecule has 2 aromatic carbocycles. The van der Waals surface area contributed by atoms with Crippen molar-refractivity contribution in [1.29, 1.82) is 0 Å². The Balaban J connectivity index is 1.42. The SMILES string of the molecule is COc1ccc(C(=O)OC2CCC3C(=O)C(c4ccc(Br)cc4)=COC3C2)cc1OC. The Morgan fingerprint density at radius 3 is 2.48 bits per heavy atom. The van der Waals surface area contributed by atoms with E-state index in [1.54, 1.807) is 24.5 Å². The summed E-state index contributed by atoms with van der Waals surface area (Å²) in [6.07, 6.45) is 2.66. The number of rotatable bonds is 5. The van der Waals surface area contributed by atoms with Crippen molar-refractivity contribution < 1.29 is 28.5 Å². The van der Waals surface area contributed by atoms with Gasteiger partial charge in [0.2, 0.25) is 0 Å². The van der Waals surface area contributed by atoms with Crippen molar-refractivity contribution in [3.63, 3.8) is 0 Å². The van der Waals surface area contributed by atoms with E-state index in [4.69, 9.17) is 18.9 Å². The highest BCUT2D eigenvalue weighted by Crippen LogP contribution is 2.38. The van der Waals surface area contributed by atoms with Crippen LogP contribution in [-0.4, -0.2) is 38.2 Å². The maximum atomic E-state index is 13.0. The van der Waals surface area contributed by atoms with Gasteiger partial charge >= 0.3 is 5.97 Å². The van der Waals surface area contributed by atoms with Crippen LogP contribution in [0, 0.1) is 5.92 Å². The highest BCUT2D eigenvalue weighted by atomic mass is 79.9. The van der Waals surface area contributed by atoms with Gasteiger partial charge in [0.25, 0.3) is 0 Å². The number of halogens is 1. The molecule has 1 fully saturated rings. The predicted octanol–water partition coefficient (Wildman–Crippen LogP) is 4.80. The first-order chi connectivity index (χ1) is 15.0. The summed E-state index contributed by atoms with van der Waals surface area (Å²) < 4.78 is 23.0. The maximum Gasteiger partial charge on any atom is 0.338 e. The largest absolute Gasteiger partial charge is 0.496 e. The highest BCUT2D eigenvalue weighted by Gasteiger charge is 2.41. The molecule has 0 saturated heterocycles. The number of carbonyl (C=O) groups is 2. The molecule has 0 N–H and O–H groups in total. The van der Waals surface area contributed by atoms with Crippen LogP contribution in [0.5, 0.6) is 11.5 Å². The minimum absolute atomic E-state index is 0.0863. The summed E-state index contributed by atoms with van der Waals surface area (Å²) in [5.41, 5.74) is 1.82. The van der Waals surface area contributed by atoms with Gasteiger partial charge in [-0.15, -0.1) is 0 Å². The van der Waals surface area contributed by atoms with Gasteiger partial charge in [-0.3, -0.25) is 4.79 Å². The lowest BCUT2D eigenvalue weighted by molar-refractivity contribution is -0.126. The normalized spacial score (nSPS) is 22.6. The quantitative estimate of drug-likeness (QED) is 0.565. The molecule has 162 valence electrons. The number of methoxy groups -OCH3 is 2. The minimum Gasteiger partial charge on any atom is -0.496 e. The molecule has 7 heteroatoms. The van der Waals surface area contributed by atoms with Gasteiger partial charge in [-0.1, -0.05) is 28.1 Å². The molecule has 1 heterocycles. The zero-order valence-electron chi connectivity index (χ0n) is 17.3. The number of esters is 1. The molecule has 1 saturated carbocycles. The van der Waals surface area contributed by atoms with Crippen molar-refractivity contribution >= 4 is 33.3 Å². The number of allylic oxidation sites excluding steroid dienone is 1. The number of ketones is 1. The van der Waals surface area contributed by atoms with E-state index in [0.717, 1.165) is 10.0 Å². The van der Waals surface area contributed by atoms with Crippen molar-refractivity contribution in [2.45, 2.75) is 31.5 Å². The van der Waals surface area contributed by atoms with Crippen LogP contribution in [0.3, 0.4) is 0 Å². The van der Waals surface area contributed by atoms with E-state index >= 15 is 0 Å². The topological polar surface area (TPSA) is 71.1 Å². The summed E-state index contributed by atoms with van der Waals surface area (Å²) >= 11 is 3.41. The third-order valence-electron chi connectivity index (χ3n) is 5.75. The van der Waals surface area contributed by atoms with Gasteiger partial charge in [-0.05, 0) is 48.7 Å². The molecule has 2 aromatic rings. The van der Waals surface area contributed by atoms with Crippen LogP contribution < -0.4 is 9.47 Å². The third kappa shape index (κ3) is 4.46. The number of fused-ring (bicyclic) bond motifs is 1. The fraction of sp³-hybridized carbons (Fsp3) is 0.333. The van der Waals surface area contributed by atoms with Gasteiger partial charge in [0.05, 0.1) is 37.5 Å². The van der Waals surface area contributed by atoms with Gasteiger partial charge in [-0.2, -0.15) is 0 Å². The second kappa shape index (κ2) is 9.14. The molecule has 6 nitrogen and oxygen atoms in total. The second-order valence-electron chi connectivity index (χ2n) is 7.59. The molecule has 0 spiro atoms. The average Bonchev–Trinajstić information content (AvgIpc) is 2.79. The lowest BCUT2D eigenvalue weighted by Crippen LogP contribution is -2.42. The molecule has 4 rings (SSSR count). The Bertz CT molecular complexity index is 1010. The Morgan fingerprint density at radius 1 is 1.03 bits per heavy atom. The van der Waals surface area contributed by atoms with E-state index < -0.39 is 5.97 Å². The zero-order chi connectivity index (χ0) is 22.0. The first-order valence-corrected chi connectivity index (χ1v) is 10.9. The van der Waals surface area contributed by atoms with Gasteiger partial charge in [0, 0.05) is 10.9 Å². The standard InChI is InChI=1S/C24H23BrO6/c1-28-20-10-5-15(11-22(20)29-2)24(27)31-17-8-9-18-21(12-17)30-13-19(23(18)26)14-3-6-16(25)7-4-14/h3-7,10-11,13,17-18,21H,8-9,12H2,1-2H3. The Morgan fingerprint density at radius 2 is 1.77 bits per heavy atom. The van der Waals surface area contributed by atoms with E-state index in [1.807, 2.05) is 24.3 Å². The van der Waals surface area contributed by atoms with Crippen molar-refractivity contribution in [1.82, 2.24) is 0 Å². The molecule has 0 bridgehead atoms. The van der Waals surface area contributed by atoms with E-state index in [-0.39, 0.29) is 23.9 Å². The number of ether oxygens (including phenoxy) is 4. The number of carbonyl (C=O) groups excluding carboxylic acids is 2. The Kier molecular flexibility index (Phi) is 6.32. The average molecular weight is 487 g/mol.